The fourth-order valence-corrected chi connectivity index (χ4v) is 2.91. The average molecular weight is 389 g/mol. The number of methoxy groups -OCH3 is 1. The smallest absolute Gasteiger partial charge is 0.257 e. The van der Waals surface area contributed by atoms with E-state index in [1.807, 2.05) is 42.5 Å². The van der Waals surface area contributed by atoms with E-state index in [0.29, 0.717) is 30.6 Å². The number of carbonyl (C=O) groups excluding carboxylic acids is 2. The maximum Gasteiger partial charge on any atom is 0.257 e. The normalized spacial score (nSPS) is 10.2. The van der Waals surface area contributed by atoms with Crippen molar-refractivity contribution in [2.45, 2.75) is 19.4 Å². The van der Waals surface area contributed by atoms with Gasteiger partial charge in [-0.15, -0.1) is 0 Å². The van der Waals surface area contributed by atoms with E-state index in [1.165, 1.54) is 6.20 Å². The molecule has 0 fully saturated rings. The van der Waals surface area contributed by atoms with Crippen molar-refractivity contribution in [1.82, 2.24) is 10.3 Å². The van der Waals surface area contributed by atoms with Crippen LogP contribution in [-0.2, 0) is 17.8 Å². The van der Waals surface area contributed by atoms with Crippen LogP contribution in [0.3, 0.4) is 0 Å². The van der Waals surface area contributed by atoms with Gasteiger partial charge in [-0.3, -0.25) is 14.6 Å². The molecule has 2 N–H and O–H groups in total. The van der Waals surface area contributed by atoms with Crippen molar-refractivity contribution in [1.29, 1.82) is 0 Å². The number of anilines is 1. The highest BCUT2D eigenvalue weighted by Gasteiger charge is 2.08. The van der Waals surface area contributed by atoms with Crippen LogP contribution in [0.25, 0.3) is 0 Å². The third-order valence-electron chi connectivity index (χ3n) is 4.41. The number of ether oxygens (including phenoxy) is 1. The molecular weight excluding hydrogens is 366 g/mol. The van der Waals surface area contributed by atoms with Gasteiger partial charge in [0.15, 0.2) is 0 Å². The molecule has 0 atom stereocenters. The molecule has 0 aliphatic heterocycles. The summed E-state index contributed by atoms with van der Waals surface area (Å²) >= 11 is 0. The fraction of sp³-hybridized carbons (Fsp3) is 0.174. The zero-order chi connectivity index (χ0) is 20.5. The largest absolute Gasteiger partial charge is 0.496 e. The minimum absolute atomic E-state index is 0.0410. The first-order valence-corrected chi connectivity index (χ1v) is 9.34. The zero-order valence-electron chi connectivity index (χ0n) is 16.2. The Morgan fingerprint density at radius 3 is 2.69 bits per heavy atom. The van der Waals surface area contributed by atoms with Gasteiger partial charge in [0.25, 0.3) is 5.91 Å². The van der Waals surface area contributed by atoms with Gasteiger partial charge in [0.05, 0.1) is 12.7 Å². The van der Waals surface area contributed by atoms with Gasteiger partial charge in [0.2, 0.25) is 5.91 Å². The second-order valence-corrected chi connectivity index (χ2v) is 6.48. The molecule has 6 nitrogen and oxygen atoms in total. The summed E-state index contributed by atoms with van der Waals surface area (Å²) in [5, 5.41) is 5.76. The first-order valence-electron chi connectivity index (χ1n) is 9.34. The summed E-state index contributed by atoms with van der Waals surface area (Å²) in [6.07, 6.45) is 4.12. The molecule has 2 amide bonds. The number of aromatic nitrogens is 1. The predicted octanol–water partition coefficient (Wildman–Crippen LogP) is 3.59. The second-order valence-electron chi connectivity index (χ2n) is 6.48. The number of nitrogens with zero attached hydrogens (tertiary/aromatic N) is 1. The van der Waals surface area contributed by atoms with Gasteiger partial charge in [0.1, 0.15) is 5.75 Å². The summed E-state index contributed by atoms with van der Waals surface area (Å²) in [7, 11) is 1.62. The average Bonchev–Trinajstić information content (AvgIpc) is 2.77. The number of hydrogen-bond acceptors (Lipinski definition) is 4. The summed E-state index contributed by atoms with van der Waals surface area (Å²) < 4.78 is 5.31. The third kappa shape index (κ3) is 5.90. The minimum atomic E-state index is -0.226. The summed E-state index contributed by atoms with van der Waals surface area (Å²) in [5.41, 5.74) is 3.06. The van der Waals surface area contributed by atoms with Crippen LogP contribution >= 0.6 is 0 Å². The van der Waals surface area contributed by atoms with Crippen LogP contribution in [0, 0.1) is 0 Å². The fourth-order valence-electron chi connectivity index (χ4n) is 2.91. The molecule has 0 aliphatic rings. The molecule has 0 spiro atoms. The molecule has 148 valence electrons. The van der Waals surface area contributed by atoms with Gasteiger partial charge >= 0.3 is 0 Å². The first-order chi connectivity index (χ1) is 14.2. The van der Waals surface area contributed by atoms with Gasteiger partial charge < -0.3 is 15.4 Å². The Kier molecular flexibility index (Phi) is 6.95. The molecule has 0 saturated heterocycles. The van der Waals surface area contributed by atoms with Crippen molar-refractivity contribution in [2.24, 2.45) is 0 Å². The maximum atomic E-state index is 12.2. The van der Waals surface area contributed by atoms with E-state index in [-0.39, 0.29) is 11.8 Å². The molecule has 29 heavy (non-hydrogen) atoms. The molecule has 0 unspecified atom stereocenters. The molecule has 3 aromatic rings. The lowest BCUT2D eigenvalue weighted by Crippen LogP contribution is -2.23. The number of carbonyl (C=O) groups is 2. The molecule has 0 aliphatic carbocycles. The molecular formula is C23H23N3O3. The van der Waals surface area contributed by atoms with E-state index < -0.39 is 0 Å². The standard InChI is InChI=1S/C23H23N3O3/c1-29-21-10-3-2-7-18(21)11-12-22(27)25-15-17-6-4-9-20(14-17)26-23(28)19-8-5-13-24-16-19/h2-10,13-14,16H,11-12,15H2,1H3,(H,25,27)(H,26,28). The second kappa shape index (κ2) is 10.0. The minimum Gasteiger partial charge on any atom is -0.496 e. The Bertz CT molecular complexity index is 974. The van der Waals surface area contributed by atoms with Crippen molar-refractivity contribution >= 4 is 17.5 Å². The van der Waals surface area contributed by atoms with Crippen LogP contribution in [0.2, 0.25) is 0 Å². The predicted molar refractivity (Wildman–Crippen MR) is 112 cm³/mol. The van der Waals surface area contributed by atoms with Crippen molar-refractivity contribution in [3.63, 3.8) is 0 Å². The SMILES string of the molecule is COc1ccccc1CCC(=O)NCc1cccc(NC(=O)c2cccnc2)c1. The highest BCUT2D eigenvalue weighted by molar-refractivity contribution is 6.04. The van der Waals surface area contributed by atoms with Gasteiger partial charge in [-0.25, -0.2) is 0 Å². The van der Waals surface area contributed by atoms with E-state index in [0.717, 1.165) is 16.9 Å². The van der Waals surface area contributed by atoms with Crippen LogP contribution in [0.15, 0.2) is 73.1 Å². The van der Waals surface area contributed by atoms with Gasteiger partial charge in [-0.05, 0) is 47.9 Å². The highest BCUT2D eigenvalue weighted by Crippen LogP contribution is 2.18. The molecule has 3 rings (SSSR count). The van der Waals surface area contributed by atoms with E-state index in [2.05, 4.69) is 15.6 Å². The third-order valence-corrected chi connectivity index (χ3v) is 4.41. The number of benzene rings is 2. The van der Waals surface area contributed by atoms with Gasteiger partial charge in [-0.1, -0.05) is 30.3 Å². The Labute approximate surface area is 169 Å². The quantitative estimate of drug-likeness (QED) is 0.617. The lowest BCUT2D eigenvalue weighted by Gasteiger charge is -2.10. The number of amides is 2. The van der Waals surface area contributed by atoms with Crippen LogP contribution in [-0.4, -0.2) is 23.9 Å². The van der Waals surface area contributed by atoms with E-state index >= 15 is 0 Å². The Hall–Kier alpha value is -3.67. The number of pyridine rings is 1. The van der Waals surface area contributed by atoms with E-state index in [1.54, 1.807) is 31.5 Å². The number of aryl methyl sites for hydroxylation is 1. The summed E-state index contributed by atoms with van der Waals surface area (Å²) in [6.45, 7) is 0.390. The van der Waals surface area contributed by atoms with Crippen molar-refractivity contribution < 1.29 is 14.3 Å². The van der Waals surface area contributed by atoms with Crippen molar-refractivity contribution in [3.8, 4) is 5.75 Å². The molecule has 0 radical (unpaired) electrons. The van der Waals surface area contributed by atoms with Crippen LogP contribution in [0.5, 0.6) is 5.75 Å². The monoisotopic (exact) mass is 389 g/mol. The molecule has 6 heteroatoms. The number of hydrogen-bond donors (Lipinski definition) is 2. The number of para-hydroxylation sites is 1. The maximum absolute atomic E-state index is 12.2. The Balaban J connectivity index is 1.51. The Morgan fingerprint density at radius 1 is 1.03 bits per heavy atom. The summed E-state index contributed by atoms with van der Waals surface area (Å²) in [6, 6.07) is 18.5. The van der Waals surface area contributed by atoms with E-state index in [9.17, 15) is 9.59 Å². The van der Waals surface area contributed by atoms with E-state index in [4.69, 9.17) is 4.74 Å². The number of nitrogens with one attached hydrogen (secondary N) is 2. The summed E-state index contributed by atoms with van der Waals surface area (Å²) in [5.74, 6) is 0.522. The topological polar surface area (TPSA) is 80.3 Å². The van der Waals surface area contributed by atoms with Crippen molar-refractivity contribution in [3.05, 3.63) is 89.7 Å². The molecule has 2 aromatic carbocycles. The molecule has 1 aromatic heterocycles. The molecule has 0 saturated carbocycles. The Morgan fingerprint density at radius 2 is 1.90 bits per heavy atom. The highest BCUT2D eigenvalue weighted by atomic mass is 16.5. The molecule has 1 heterocycles. The van der Waals surface area contributed by atoms with Crippen LogP contribution in [0.4, 0.5) is 5.69 Å². The lowest BCUT2D eigenvalue weighted by molar-refractivity contribution is -0.121. The van der Waals surface area contributed by atoms with Crippen molar-refractivity contribution in [2.75, 3.05) is 12.4 Å². The zero-order valence-corrected chi connectivity index (χ0v) is 16.2. The first kappa shape index (κ1) is 20.1. The number of rotatable bonds is 8. The summed E-state index contributed by atoms with van der Waals surface area (Å²) in [4.78, 5) is 28.4. The van der Waals surface area contributed by atoms with Gasteiger partial charge in [0, 0.05) is 31.0 Å². The van der Waals surface area contributed by atoms with Crippen LogP contribution in [0.1, 0.15) is 27.9 Å². The van der Waals surface area contributed by atoms with Gasteiger partial charge in [-0.2, -0.15) is 0 Å². The lowest BCUT2D eigenvalue weighted by atomic mass is 10.1. The molecule has 0 bridgehead atoms. The van der Waals surface area contributed by atoms with Crippen LogP contribution < -0.4 is 15.4 Å².